The first-order valence-electron chi connectivity index (χ1n) is 2.88. The van der Waals surface area contributed by atoms with Gasteiger partial charge in [0.15, 0.2) is 0 Å². The number of rotatable bonds is 2. The van der Waals surface area contributed by atoms with Crippen molar-refractivity contribution in [2.45, 2.75) is 0 Å². The molecule has 1 aromatic heterocycles. The Morgan fingerprint density at radius 2 is 2.08 bits per heavy atom. The van der Waals surface area contributed by atoms with Gasteiger partial charge in [0.05, 0.1) is 6.26 Å². The molecule has 0 fully saturated rings. The molecule has 1 heterocycles. The van der Waals surface area contributed by atoms with Crippen LogP contribution in [0.5, 0.6) is 5.88 Å². The van der Waals surface area contributed by atoms with Crippen molar-refractivity contribution in [3.8, 4) is 5.88 Å². The molecule has 0 atom stereocenters. The Balaban J connectivity index is 0.00000121. The number of hydrogen-bond donors (Lipinski definition) is 0. The van der Waals surface area contributed by atoms with E-state index in [1.807, 2.05) is 0 Å². The third-order valence-electron chi connectivity index (χ3n) is 0.875. The fourth-order valence-electron chi connectivity index (χ4n) is 0.551. The fraction of sp³-hybridized carbons (Fsp3) is 0.167. The van der Waals surface area contributed by atoms with Gasteiger partial charge in [-0.2, -0.15) is 8.42 Å². The van der Waals surface area contributed by atoms with Gasteiger partial charge in [-0.3, -0.25) is 0 Å². The molecule has 1 aromatic rings. The van der Waals surface area contributed by atoms with E-state index in [0.717, 1.165) is 6.26 Å². The summed E-state index contributed by atoms with van der Waals surface area (Å²) in [5, 5.41) is 0. The first kappa shape index (κ1) is 11.9. The molecule has 0 aromatic carbocycles. The van der Waals surface area contributed by atoms with Crippen LogP contribution in [-0.2, 0) is 10.1 Å². The zero-order chi connectivity index (χ0) is 8.32. The van der Waals surface area contributed by atoms with Crippen molar-refractivity contribution in [3.63, 3.8) is 0 Å². The first-order chi connectivity index (χ1) is 5.08. The molecule has 4 nitrogen and oxygen atoms in total. The van der Waals surface area contributed by atoms with E-state index >= 15 is 0 Å². The monoisotopic (exact) mass is 197 g/mol. The maximum atomic E-state index is 10.5. The van der Waals surface area contributed by atoms with E-state index in [9.17, 15) is 8.42 Å². The van der Waals surface area contributed by atoms with Crippen LogP contribution in [0.2, 0.25) is 0 Å². The minimum absolute atomic E-state index is 0. The summed E-state index contributed by atoms with van der Waals surface area (Å²) >= 11 is 0. The number of aromatic nitrogens is 1. The molecule has 12 heavy (non-hydrogen) atoms. The molecule has 0 N–H and O–H groups in total. The van der Waals surface area contributed by atoms with Gasteiger partial charge < -0.3 is 4.18 Å². The minimum atomic E-state index is -3.44. The molecule has 1 rings (SSSR count). The third-order valence-corrected chi connectivity index (χ3v) is 1.35. The van der Waals surface area contributed by atoms with Crippen LogP contribution >= 0.6 is 0 Å². The average molecular weight is 197 g/mol. The summed E-state index contributed by atoms with van der Waals surface area (Å²) < 4.78 is 25.5. The predicted octanol–water partition coefficient (Wildman–Crippen LogP) is -0.228. The Bertz CT molecular complexity index is 324. The van der Waals surface area contributed by atoms with Crippen molar-refractivity contribution in [1.29, 1.82) is 0 Å². The second kappa shape index (κ2) is 4.81. The zero-order valence-electron chi connectivity index (χ0n) is 5.89. The molecule has 0 saturated heterocycles. The van der Waals surface area contributed by atoms with Gasteiger partial charge in [0.25, 0.3) is 0 Å². The van der Waals surface area contributed by atoms with Crippen LogP contribution in [0.15, 0.2) is 24.4 Å². The van der Waals surface area contributed by atoms with Crippen molar-refractivity contribution in [1.82, 2.24) is 4.98 Å². The summed E-state index contributed by atoms with van der Waals surface area (Å²) in [4.78, 5) is 3.66. The van der Waals surface area contributed by atoms with Gasteiger partial charge in [0, 0.05) is 12.3 Å². The standard InChI is InChI=1S/C6H7NO3S.Na.H/c1-11(8,9)10-6-4-2-3-5-7-6;;/h2-5H,1H3;;. The first-order valence-corrected chi connectivity index (χ1v) is 4.70. The number of pyridine rings is 1. The van der Waals surface area contributed by atoms with Crippen LogP contribution in [0, 0.1) is 0 Å². The molecular weight excluding hydrogens is 189 g/mol. The Morgan fingerprint density at radius 1 is 1.42 bits per heavy atom. The van der Waals surface area contributed by atoms with Crippen LogP contribution < -0.4 is 4.18 Å². The van der Waals surface area contributed by atoms with Crippen LogP contribution in [0.3, 0.4) is 0 Å². The summed E-state index contributed by atoms with van der Waals surface area (Å²) in [6.45, 7) is 0. The van der Waals surface area contributed by atoms with Crippen LogP contribution in [-0.4, -0.2) is 49.2 Å². The van der Waals surface area contributed by atoms with Crippen molar-refractivity contribution in [2.75, 3.05) is 6.26 Å². The van der Waals surface area contributed by atoms with E-state index in [0.29, 0.717) is 0 Å². The SMILES string of the molecule is CS(=O)(=O)Oc1ccccn1.[NaH]. The van der Waals surface area contributed by atoms with Gasteiger partial charge in [0.1, 0.15) is 0 Å². The summed E-state index contributed by atoms with van der Waals surface area (Å²) in [6, 6.07) is 4.80. The summed E-state index contributed by atoms with van der Waals surface area (Å²) in [6.07, 6.45) is 2.43. The van der Waals surface area contributed by atoms with Gasteiger partial charge in [-0.05, 0) is 6.07 Å². The summed E-state index contributed by atoms with van der Waals surface area (Å²) in [5.41, 5.74) is 0. The van der Waals surface area contributed by atoms with E-state index in [-0.39, 0.29) is 35.4 Å². The van der Waals surface area contributed by atoms with E-state index in [1.165, 1.54) is 12.3 Å². The van der Waals surface area contributed by atoms with Gasteiger partial charge in [-0.25, -0.2) is 4.98 Å². The van der Waals surface area contributed by atoms with Gasteiger partial charge in [-0.15, -0.1) is 0 Å². The van der Waals surface area contributed by atoms with Gasteiger partial charge >= 0.3 is 39.7 Å². The Labute approximate surface area is 93.4 Å². The van der Waals surface area contributed by atoms with Crippen LogP contribution in [0.4, 0.5) is 0 Å². The second-order valence-corrected chi connectivity index (χ2v) is 3.53. The molecule has 0 spiro atoms. The zero-order valence-corrected chi connectivity index (χ0v) is 6.71. The van der Waals surface area contributed by atoms with Crippen LogP contribution in [0.1, 0.15) is 0 Å². The normalized spacial score (nSPS) is 10.1. The van der Waals surface area contributed by atoms with Crippen molar-refractivity contribution >= 4 is 39.7 Å². The fourth-order valence-corrected chi connectivity index (χ4v) is 0.960. The summed E-state index contributed by atoms with van der Waals surface area (Å²) in [5.74, 6) is 0.0926. The molecule has 0 saturated carbocycles. The third kappa shape index (κ3) is 4.71. The molecule has 0 radical (unpaired) electrons. The van der Waals surface area contributed by atoms with Crippen molar-refractivity contribution in [2.24, 2.45) is 0 Å². The van der Waals surface area contributed by atoms with Crippen LogP contribution in [0.25, 0.3) is 0 Å². The molecule has 0 unspecified atom stereocenters. The van der Waals surface area contributed by atoms with E-state index in [4.69, 9.17) is 0 Å². The number of nitrogens with zero attached hydrogens (tertiary/aromatic N) is 1. The molecule has 0 aliphatic carbocycles. The number of hydrogen-bond acceptors (Lipinski definition) is 4. The van der Waals surface area contributed by atoms with Crippen molar-refractivity contribution in [3.05, 3.63) is 24.4 Å². The van der Waals surface area contributed by atoms with E-state index in [1.54, 1.807) is 12.1 Å². The van der Waals surface area contributed by atoms with E-state index in [2.05, 4.69) is 9.17 Å². The molecule has 6 heteroatoms. The summed E-state index contributed by atoms with van der Waals surface area (Å²) in [7, 11) is -3.44. The topological polar surface area (TPSA) is 56.3 Å². The Hall–Kier alpha value is -0.100. The molecular formula is C6H8NNaO3S. The average Bonchev–Trinajstić information content (AvgIpc) is 1.85. The second-order valence-electron chi connectivity index (χ2n) is 1.96. The molecule has 62 valence electrons. The molecule has 0 aliphatic heterocycles. The van der Waals surface area contributed by atoms with E-state index < -0.39 is 10.1 Å². The maximum absolute atomic E-state index is 10.5. The van der Waals surface area contributed by atoms with Crippen molar-refractivity contribution < 1.29 is 12.6 Å². The Kier molecular flexibility index (Phi) is 4.77. The molecule has 0 bridgehead atoms. The van der Waals surface area contributed by atoms with Gasteiger partial charge in [0.2, 0.25) is 5.88 Å². The quantitative estimate of drug-likeness (QED) is 0.485. The molecule has 0 aliphatic rings. The van der Waals surface area contributed by atoms with Gasteiger partial charge in [-0.1, -0.05) is 6.07 Å². The predicted molar refractivity (Wildman–Crippen MR) is 46.9 cm³/mol. The molecule has 0 amide bonds. The Morgan fingerprint density at radius 3 is 2.50 bits per heavy atom.